The summed E-state index contributed by atoms with van der Waals surface area (Å²) in [6.45, 7) is 0.250. The molecule has 2 aromatic rings. The van der Waals surface area contributed by atoms with Gasteiger partial charge in [0.2, 0.25) is 0 Å². The van der Waals surface area contributed by atoms with E-state index < -0.39 is 20.9 Å². The molecule has 0 aliphatic carbocycles. The van der Waals surface area contributed by atoms with Gasteiger partial charge in [-0.25, -0.2) is 12.8 Å². The van der Waals surface area contributed by atoms with E-state index in [0.29, 0.717) is 0 Å². The maximum Gasteiger partial charge on any atom is 0.191 e. The molecule has 0 fully saturated rings. The zero-order valence-electron chi connectivity index (χ0n) is 9.54. The average molecular weight is 286 g/mol. The summed E-state index contributed by atoms with van der Waals surface area (Å²) in [6, 6.07) is 8.48. The monoisotopic (exact) mass is 286 g/mol. The third-order valence-electron chi connectivity index (χ3n) is 2.64. The van der Waals surface area contributed by atoms with Gasteiger partial charge in [-0.2, -0.15) is 0 Å². The van der Waals surface area contributed by atoms with Crippen LogP contribution in [0.25, 0.3) is 0 Å². The standard InChI is InChI=1S/C12H12FNO2S2/c13-9-3-5-10(6-4-9)18(15,16)12(8-14)11-2-1-7-17-11/h1-7,12H,8,14H2/p+1/t12-/m1/s1. The minimum Gasteiger partial charge on any atom is -0.356 e. The molecule has 0 spiro atoms. The number of hydrogen-bond donors (Lipinski definition) is 1. The van der Waals surface area contributed by atoms with E-state index in [1.165, 1.54) is 23.5 Å². The Hall–Kier alpha value is -1.24. The summed E-state index contributed by atoms with van der Waals surface area (Å²) < 4.78 is 37.7. The van der Waals surface area contributed by atoms with Crippen molar-refractivity contribution >= 4 is 21.2 Å². The number of hydrogen-bond acceptors (Lipinski definition) is 3. The molecule has 1 heterocycles. The van der Waals surface area contributed by atoms with Gasteiger partial charge in [-0.15, -0.1) is 11.3 Å². The maximum atomic E-state index is 12.8. The van der Waals surface area contributed by atoms with Crippen LogP contribution >= 0.6 is 11.3 Å². The number of halogens is 1. The number of rotatable bonds is 4. The Bertz CT molecular complexity index is 606. The molecular weight excluding hydrogens is 273 g/mol. The second kappa shape index (κ2) is 5.17. The summed E-state index contributed by atoms with van der Waals surface area (Å²) in [5.41, 5.74) is 3.70. The van der Waals surface area contributed by atoms with Crippen molar-refractivity contribution < 1.29 is 18.5 Å². The van der Waals surface area contributed by atoms with E-state index in [0.717, 1.165) is 17.0 Å². The molecule has 0 bridgehead atoms. The van der Waals surface area contributed by atoms with Gasteiger partial charge < -0.3 is 5.73 Å². The van der Waals surface area contributed by atoms with E-state index in [-0.39, 0.29) is 11.4 Å². The van der Waals surface area contributed by atoms with E-state index in [4.69, 9.17) is 0 Å². The van der Waals surface area contributed by atoms with Crippen LogP contribution in [0.5, 0.6) is 0 Å². The van der Waals surface area contributed by atoms with Crippen LogP contribution in [0, 0.1) is 5.82 Å². The van der Waals surface area contributed by atoms with Crippen LogP contribution in [0.2, 0.25) is 0 Å². The van der Waals surface area contributed by atoms with Crippen LogP contribution in [0.3, 0.4) is 0 Å². The summed E-state index contributed by atoms with van der Waals surface area (Å²) in [5, 5.41) is 1.17. The lowest BCUT2D eigenvalue weighted by molar-refractivity contribution is -0.367. The summed E-state index contributed by atoms with van der Waals surface area (Å²) in [7, 11) is -3.51. The maximum absolute atomic E-state index is 12.8. The van der Waals surface area contributed by atoms with Crippen LogP contribution in [0.15, 0.2) is 46.7 Å². The molecule has 1 aromatic carbocycles. The van der Waals surface area contributed by atoms with Crippen molar-refractivity contribution in [1.82, 2.24) is 0 Å². The van der Waals surface area contributed by atoms with Gasteiger partial charge in [0, 0.05) is 4.88 Å². The molecule has 0 unspecified atom stereocenters. The molecular formula is C12H13FNO2S2+. The Morgan fingerprint density at radius 2 is 1.89 bits per heavy atom. The van der Waals surface area contributed by atoms with Crippen molar-refractivity contribution in [3.8, 4) is 0 Å². The van der Waals surface area contributed by atoms with E-state index >= 15 is 0 Å². The predicted octanol–water partition coefficient (Wildman–Crippen LogP) is 1.64. The summed E-state index contributed by atoms with van der Waals surface area (Å²) in [5.74, 6) is -0.448. The molecule has 6 heteroatoms. The molecule has 0 amide bonds. The van der Waals surface area contributed by atoms with E-state index in [9.17, 15) is 12.8 Å². The van der Waals surface area contributed by atoms with Gasteiger partial charge in [-0.1, -0.05) is 6.07 Å². The van der Waals surface area contributed by atoms with E-state index in [2.05, 4.69) is 5.73 Å². The first kappa shape index (κ1) is 13.2. The first-order valence-corrected chi connectivity index (χ1v) is 7.80. The highest BCUT2D eigenvalue weighted by atomic mass is 32.2. The Morgan fingerprint density at radius 1 is 1.22 bits per heavy atom. The van der Waals surface area contributed by atoms with Crippen LogP contribution in [-0.4, -0.2) is 15.0 Å². The molecule has 1 atom stereocenters. The number of benzene rings is 1. The van der Waals surface area contributed by atoms with E-state index in [1.807, 2.05) is 11.4 Å². The van der Waals surface area contributed by atoms with Crippen molar-refractivity contribution in [2.75, 3.05) is 6.54 Å². The van der Waals surface area contributed by atoms with Gasteiger partial charge in [0.25, 0.3) is 0 Å². The number of thiophene rings is 1. The van der Waals surface area contributed by atoms with Gasteiger partial charge in [0.1, 0.15) is 11.1 Å². The highest BCUT2D eigenvalue weighted by Crippen LogP contribution is 2.30. The summed E-state index contributed by atoms with van der Waals surface area (Å²) in [6.07, 6.45) is 0. The van der Waals surface area contributed by atoms with Crippen molar-refractivity contribution in [3.05, 3.63) is 52.5 Å². The molecule has 0 aliphatic rings. The molecule has 3 nitrogen and oxygen atoms in total. The Kier molecular flexibility index (Phi) is 3.79. The quantitative estimate of drug-likeness (QED) is 0.869. The van der Waals surface area contributed by atoms with Gasteiger partial charge >= 0.3 is 0 Å². The highest BCUT2D eigenvalue weighted by Gasteiger charge is 2.30. The number of sulfone groups is 1. The predicted molar refractivity (Wildman–Crippen MR) is 68.4 cm³/mol. The van der Waals surface area contributed by atoms with Crippen LogP contribution in [-0.2, 0) is 9.84 Å². The molecule has 1 aromatic heterocycles. The Balaban J connectivity index is 2.44. The smallest absolute Gasteiger partial charge is 0.191 e. The Labute approximate surface area is 109 Å². The lowest BCUT2D eigenvalue weighted by atomic mass is 10.3. The van der Waals surface area contributed by atoms with Crippen molar-refractivity contribution in [2.45, 2.75) is 10.1 Å². The van der Waals surface area contributed by atoms with E-state index in [1.54, 1.807) is 6.07 Å². The topological polar surface area (TPSA) is 61.8 Å². The highest BCUT2D eigenvalue weighted by molar-refractivity contribution is 7.91. The lowest BCUT2D eigenvalue weighted by Gasteiger charge is -2.12. The second-order valence-electron chi connectivity index (χ2n) is 3.79. The van der Waals surface area contributed by atoms with Crippen molar-refractivity contribution in [3.63, 3.8) is 0 Å². The third kappa shape index (κ3) is 2.45. The average Bonchev–Trinajstić information content (AvgIpc) is 2.84. The second-order valence-corrected chi connectivity index (χ2v) is 6.90. The first-order valence-electron chi connectivity index (χ1n) is 5.38. The number of quaternary nitrogens is 1. The molecule has 2 rings (SSSR count). The summed E-state index contributed by atoms with van der Waals surface area (Å²) >= 11 is 1.39. The fraction of sp³-hybridized carbons (Fsp3) is 0.167. The molecule has 0 aliphatic heterocycles. The Morgan fingerprint density at radius 3 is 2.39 bits per heavy atom. The SMILES string of the molecule is [NH3+]C[C@H](c1cccs1)S(=O)(=O)c1ccc(F)cc1. The molecule has 3 N–H and O–H groups in total. The summed E-state index contributed by atoms with van der Waals surface area (Å²) in [4.78, 5) is 0.889. The fourth-order valence-electron chi connectivity index (χ4n) is 1.71. The van der Waals surface area contributed by atoms with Gasteiger partial charge in [0.15, 0.2) is 9.84 Å². The zero-order valence-corrected chi connectivity index (χ0v) is 11.2. The third-order valence-corrected chi connectivity index (χ3v) is 5.94. The van der Waals surface area contributed by atoms with Crippen LogP contribution < -0.4 is 5.73 Å². The van der Waals surface area contributed by atoms with Gasteiger partial charge in [-0.3, -0.25) is 0 Å². The minimum absolute atomic E-state index is 0.131. The fourth-order valence-corrected chi connectivity index (χ4v) is 4.54. The molecule has 0 saturated heterocycles. The van der Waals surface area contributed by atoms with Gasteiger partial charge in [-0.05, 0) is 35.7 Å². The largest absolute Gasteiger partial charge is 0.356 e. The minimum atomic E-state index is -3.51. The molecule has 0 radical (unpaired) electrons. The zero-order chi connectivity index (χ0) is 13.2. The molecule has 18 heavy (non-hydrogen) atoms. The lowest BCUT2D eigenvalue weighted by Crippen LogP contribution is -2.54. The van der Waals surface area contributed by atoms with Gasteiger partial charge in [0.05, 0.1) is 11.4 Å². The first-order chi connectivity index (χ1) is 8.55. The van der Waals surface area contributed by atoms with Crippen molar-refractivity contribution in [2.24, 2.45) is 0 Å². The van der Waals surface area contributed by atoms with Crippen LogP contribution in [0.4, 0.5) is 4.39 Å². The molecule has 0 saturated carbocycles. The normalized spacial score (nSPS) is 13.4. The van der Waals surface area contributed by atoms with Crippen molar-refractivity contribution in [1.29, 1.82) is 0 Å². The van der Waals surface area contributed by atoms with Crippen LogP contribution in [0.1, 0.15) is 10.1 Å². The molecule has 96 valence electrons.